The Morgan fingerprint density at radius 3 is 2.33 bits per heavy atom. The Morgan fingerprint density at radius 2 is 1.70 bits per heavy atom. The van der Waals surface area contributed by atoms with Gasteiger partial charge in [-0.25, -0.2) is 8.42 Å². The number of hydrogen-bond donors (Lipinski definition) is 1. The van der Waals surface area contributed by atoms with E-state index in [0.29, 0.717) is 32.0 Å². The summed E-state index contributed by atoms with van der Waals surface area (Å²) in [4.78, 5) is 22.8. The zero-order valence-corrected chi connectivity index (χ0v) is 15.0. The second-order valence-corrected chi connectivity index (χ2v) is 7.71. The number of carbonyl (C=O) groups excluding carboxylic acids is 1. The van der Waals surface area contributed by atoms with Crippen LogP contribution in [0.25, 0.3) is 0 Å². The summed E-state index contributed by atoms with van der Waals surface area (Å²) in [6.07, 6.45) is 0. The summed E-state index contributed by atoms with van der Waals surface area (Å²) in [5.41, 5.74) is -0.0480. The van der Waals surface area contributed by atoms with Crippen LogP contribution in [0, 0.1) is 10.1 Å². The van der Waals surface area contributed by atoms with Crippen molar-refractivity contribution in [1.29, 1.82) is 0 Å². The summed E-state index contributed by atoms with van der Waals surface area (Å²) >= 11 is 0. The van der Waals surface area contributed by atoms with E-state index in [1.807, 2.05) is 0 Å². The highest BCUT2D eigenvalue weighted by molar-refractivity contribution is 7.89. The van der Waals surface area contributed by atoms with Crippen molar-refractivity contribution in [2.45, 2.75) is 4.90 Å². The molecule has 1 heterocycles. The minimum absolute atomic E-state index is 0.0764. The van der Waals surface area contributed by atoms with Crippen molar-refractivity contribution in [3.05, 3.63) is 64.2 Å². The molecule has 1 aliphatic heterocycles. The Kier molecular flexibility index (Phi) is 5.49. The third-order valence-electron chi connectivity index (χ3n) is 4.07. The molecule has 0 unspecified atom stereocenters. The molecule has 0 aliphatic carbocycles. The molecule has 10 heteroatoms. The minimum Gasteiger partial charge on any atom is -0.379 e. The molecule has 3 rings (SSSR count). The predicted octanol–water partition coefficient (Wildman–Crippen LogP) is 1.87. The Hall–Kier alpha value is -2.82. The number of benzene rings is 2. The van der Waals surface area contributed by atoms with Gasteiger partial charge in [-0.15, -0.1) is 0 Å². The molecular weight excluding hydrogens is 374 g/mol. The third-order valence-corrected chi connectivity index (χ3v) is 5.98. The highest BCUT2D eigenvalue weighted by Gasteiger charge is 2.26. The van der Waals surface area contributed by atoms with Crippen LogP contribution in [0.3, 0.4) is 0 Å². The molecule has 0 spiro atoms. The SMILES string of the molecule is O=C(Nc1ccc(S(=O)(=O)N2CCOCC2)cc1)c1ccccc1[N+](=O)[O-]. The molecular formula is C17H17N3O6S. The number of nitro benzene ring substituents is 1. The van der Waals surface area contributed by atoms with E-state index in [4.69, 9.17) is 4.74 Å². The molecule has 1 N–H and O–H groups in total. The van der Waals surface area contributed by atoms with Crippen LogP contribution in [0.15, 0.2) is 53.4 Å². The fourth-order valence-corrected chi connectivity index (χ4v) is 4.08. The fourth-order valence-electron chi connectivity index (χ4n) is 2.67. The molecule has 2 aromatic rings. The lowest BCUT2D eigenvalue weighted by atomic mass is 10.1. The summed E-state index contributed by atoms with van der Waals surface area (Å²) in [6.45, 7) is 1.28. The van der Waals surface area contributed by atoms with Crippen molar-refractivity contribution in [3.63, 3.8) is 0 Å². The van der Waals surface area contributed by atoms with E-state index in [1.165, 1.54) is 52.8 Å². The first-order valence-corrected chi connectivity index (χ1v) is 9.56. The van der Waals surface area contributed by atoms with Crippen LogP contribution in [-0.2, 0) is 14.8 Å². The molecule has 2 aromatic carbocycles. The minimum atomic E-state index is -3.63. The first-order valence-electron chi connectivity index (χ1n) is 8.12. The van der Waals surface area contributed by atoms with Crippen LogP contribution in [0.5, 0.6) is 0 Å². The second-order valence-electron chi connectivity index (χ2n) is 5.77. The smallest absolute Gasteiger partial charge is 0.282 e. The molecule has 0 radical (unpaired) electrons. The molecule has 1 fully saturated rings. The van der Waals surface area contributed by atoms with Gasteiger partial charge in [-0.3, -0.25) is 14.9 Å². The maximum Gasteiger partial charge on any atom is 0.282 e. The fraction of sp³-hybridized carbons (Fsp3) is 0.235. The molecule has 0 aromatic heterocycles. The second kappa shape index (κ2) is 7.82. The van der Waals surface area contributed by atoms with Gasteiger partial charge in [0.15, 0.2) is 0 Å². The summed E-state index contributed by atoms with van der Waals surface area (Å²) in [5.74, 6) is -0.647. The maximum absolute atomic E-state index is 12.6. The normalized spacial score (nSPS) is 15.3. The first kappa shape index (κ1) is 19.0. The van der Waals surface area contributed by atoms with Gasteiger partial charge in [0.1, 0.15) is 5.56 Å². The standard InChI is InChI=1S/C17H17N3O6S/c21-17(15-3-1-2-4-16(15)20(22)23)18-13-5-7-14(8-6-13)27(24,25)19-9-11-26-12-10-19/h1-8H,9-12H2,(H,18,21). The number of carbonyl (C=O) groups is 1. The van der Waals surface area contributed by atoms with Crippen molar-refractivity contribution in [2.24, 2.45) is 0 Å². The van der Waals surface area contributed by atoms with E-state index in [2.05, 4.69) is 5.32 Å². The van der Waals surface area contributed by atoms with E-state index < -0.39 is 20.9 Å². The summed E-state index contributed by atoms with van der Waals surface area (Å²) in [6, 6.07) is 11.3. The van der Waals surface area contributed by atoms with E-state index >= 15 is 0 Å². The van der Waals surface area contributed by atoms with Gasteiger partial charge in [0, 0.05) is 24.8 Å². The van der Waals surface area contributed by atoms with Crippen molar-refractivity contribution in [1.82, 2.24) is 4.31 Å². The van der Waals surface area contributed by atoms with Gasteiger partial charge in [0.2, 0.25) is 10.0 Å². The number of ether oxygens (including phenoxy) is 1. The summed E-state index contributed by atoms with van der Waals surface area (Å²) < 4.78 is 31.6. The maximum atomic E-state index is 12.6. The molecule has 1 saturated heterocycles. The average molecular weight is 391 g/mol. The number of amides is 1. The Labute approximate surface area is 155 Å². The molecule has 0 atom stereocenters. The van der Waals surface area contributed by atoms with E-state index in [0.717, 1.165) is 0 Å². The van der Waals surface area contributed by atoms with Crippen LogP contribution in [0.4, 0.5) is 11.4 Å². The van der Waals surface area contributed by atoms with Gasteiger partial charge in [-0.1, -0.05) is 12.1 Å². The van der Waals surface area contributed by atoms with Gasteiger partial charge in [0.25, 0.3) is 11.6 Å². The molecule has 1 aliphatic rings. The molecule has 0 bridgehead atoms. The highest BCUT2D eigenvalue weighted by Crippen LogP contribution is 2.22. The van der Waals surface area contributed by atoms with Crippen molar-refractivity contribution < 1.29 is 22.9 Å². The number of rotatable bonds is 5. The van der Waals surface area contributed by atoms with Crippen LogP contribution in [0.1, 0.15) is 10.4 Å². The summed E-state index contributed by atoms with van der Waals surface area (Å²) in [7, 11) is -3.63. The number of sulfonamides is 1. The van der Waals surface area contributed by atoms with Crippen LogP contribution in [0.2, 0.25) is 0 Å². The van der Waals surface area contributed by atoms with E-state index in [9.17, 15) is 23.3 Å². The quantitative estimate of drug-likeness (QED) is 0.614. The van der Waals surface area contributed by atoms with Gasteiger partial charge < -0.3 is 10.1 Å². The number of nitrogens with zero attached hydrogens (tertiary/aromatic N) is 2. The molecule has 0 saturated carbocycles. The molecule has 9 nitrogen and oxygen atoms in total. The van der Waals surface area contributed by atoms with Crippen molar-refractivity contribution >= 4 is 27.3 Å². The molecule has 27 heavy (non-hydrogen) atoms. The van der Waals surface area contributed by atoms with Crippen LogP contribution in [-0.4, -0.2) is 49.9 Å². The lowest BCUT2D eigenvalue weighted by molar-refractivity contribution is -0.385. The molecule has 1 amide bonds. The average Bonchev–Trinajstić information content (AvgIpc) is 2.69. The first-order chi connectivity index (χ1) is 12.9. The van der Waals surface area contributed by atoms with Crippen LogP contribution < -0.4 is 5.32 Å². The Bertz CT molecular complexity index is 953. The number of anilines is 1. The van der Waals surface area contributed by atoms with E-state index in [1.54, 1.807) is 0 Å². The van der Waals surface area contributed by atoms with Gasteiger partial charge in [-0.2, -0.15) is 4.31 Å². The van der Waals surface area contributed by atoms with E-state index in [-0.39, 0.29) is 16.1 Å². The van der Waals surface area contributed by atoms with Crippen molar-refractivity contribution in [2.75, 3.05) is 31.6 Å². The molecule has 142 valence electrons. The predicted molar refractivity (Wildman–Crippen MR) is 97.1 cm³/mol. The number of nitro groups is 1. The largest absolute Gasteiger partial charge is 0.379 e. The highest BCUT2D eigenvalue weighted by atomic mass is 32.2. The van der Waals surface area contributed by atoms with Crippen LogP contribution >= 0.6 is 0 Å². The Balaban J connectivity index is 1.76. The third kappa shape index (κ3) is 4.13. The number of hydrogen-bond acceptors (Lipinski definition) is 6. The monoisotopic (exact) mass is 391 g/mol. The number of morpholine rings is 1. The lowest BCUT2D eigenvalue weighted by Gasteiger charge is -2.26. The Morgan fingerprint density at radius 1 is 1.07 bits per heavy atom. The summed E-state index contributed by atoms with van der Waals surface area (Å²) in [5, 5.41) is 13.6. The number of para-hydroxylation sites is 1. The van der Waals surface area contributed by atoms with Gasteiger partial charge in [0.05, 0.1) is 23.0 Å². The zero-order valence-electron chi connectivity index (χ0n) is 14.2. The van der Waals surface area contributed by atoms with Gasteiger partial charge >= 0.3 is 0 Å². The zero-order chi connectivity index (χ0) is 19.4. The number of nitrogens with one attached hydrogen (secondary N) is 1. The topological polar surface area (TPSA) is 119 Å². The van der Waals surface area contributed by atoms with Crippen molar-refractivity contribution in [3.8, 4) is 0 Å². The lowest BCUT2D eigenvalue weighted by Crippen LogP contribution is -2.40. The van der Waals surface area contributed by atoms with Gasteiger partial charge in [-0.05, 0) is 30.3 Å².